The molecule has 0 aromatic heterocycles. The van der Waals surface area contributed by atoms with Gasteiger partial charge in [-0.25, -0.2) is 4.79 Å². The fourth-order valence-electron chi connectivity index (χ4n) is 4.84. The summed E-state index contributed by atoms with van der Waals surface area (Å²) in [5, 5.41) is 4.84. The lowest BCUT2D eigenvalue weighted by molar-refractivity contribution is -0.137. The Labute approximate surface area is 238 Å². The highest BCUT2D eigenvalue weighted by molar-refractivity contribution is 6.33. The molecule has 1 amide bonds. The van der Waals surface area contributed by atoms with Gasteiger partial charge < -0.3 is 19.2 Å². The van der Waals surface area contributed by atoms with Crippen LogP contribution in [0, 0.1) is 13.8 Å². The summed E-state index contributed by atoms with van der Waals surface area (Å²) >= 11 is 6.76. The van der Waals surface area contributed by atoms with Crippen LogP contribution in [0.1, 0.15) is 85.8 Å². The topological polar surface area (TPSA) is 77.4 Å². The summed E-state index contributed by atoms with van der Waals surface area (Å²) in [5.41, 5.74) is 3.31. The number of unbranched alkanes of at least 4 members (excludes halogenated alkanes) is 1. The molecule has 1 unspecified atom stereocenters. The Balaban J connectivity index is 1.91. The summed E-state index contributed by atoms with van der Waals surface area (Å²) in [6.07, 6.45) is 14.2. The molecule has 2 heterocycles. The maximum Gasteiger partial charge on any atom is 0.339 e. The van der Waals surface area contributed by atoms with Crippen LogP contribution in [0.15, 0.2) is 35.5 Å². The minimum Gasteiger partial charge on any atom is -0.459 e. The number of nitrogens with zero attached hydrogens (tertiary/aromatic N) is 2. The predicted molar refractivity (Wildman–Crippen MR) is 155 cm³/mol. The molecule has 1 aromatic rings. The monoisotopic (exact) mass is 558 g/mol. The van der Waals surface area contributed by atoms with Crippen molar-refractivity contribution in [2.45, 2.75) is 91.3 Å². The first-order chi connectivity index (χ1) is 18.8. The highest BCUT2D eigenvalue weighted by Gasteiger charge is 2.23. The number of aryl methyl sites for hydroxylation is 2. The molecule has 2 aliphatic rings. The molecule has 2 atom stereocenters. The summed E-state index contributed by atoms with van der Waals surface area (Å²) in [7, 11) is 0. The van der Waals surface area contributed by atoms with E-state index >= 15 is 0 Å². The SMILES string of the molecule is CCCCOC1/C=C/C[C@@H](C)OC(=O)c2c(C)cc(C)c(Cl)c2CC(=N/OCC(=O)N2CCCCC2)/C=C/C1. The third-order valence-corrected chi connectivity index (χ3v) is 7.54. The molecule has 3 rings (SSSR count). The second kappa shape index (κ2) is 15.8. The van der Waals surface area contributed by atoms with Gasteiger partial charge in [0.2, 0.25) is 0 Å². The second-order valence-corrected chi connectivity index (χ2v) is 10.8. The Morgan fingerprint density at radius 2 is 1.92 bits per heavy atom. The summed E-state index contributed by atoms with van der Waals surface area (Å²) in [4.78, 5) is 33.3. The van der Waals surface area contributed by atoms with Gasteiger partial charge in [-0.05, 0) is 75.6 Å². The van der Waals surface area contributed by atoms with Gasteiger partial charge in [-0.1, -0.05) is 54.4 Å². The molecular weight excluding hydrogens is 516 g/mol. The van der Waals surface area contributed by atoms with Crippen LogP contribution in [0.2, 0.25) is 5.02 Å². The first-order valence-corrected chi connectivity index (χ1v) is 14.6. The minimum absolute atomic E-state index is 0.0684. The number of cyclic esters (lactones) is 1. The highest BCUT2D eigenvalue weighted by Crippen LogP contribution is 2.30. The molecule has 1 fully saturated rings. The maximum atomic E-state index is 13.3. The van der Waals surface area contributed by atoms with Gasteiger partial charge >= 0.3 is 5.97 Å². The lowest BCUT2D eigenvalue weighted by Gasteiger charge is -2.26. The summed E-state index contributed by atoms with van der Waals surface area (Å²) in [5.74, 6) is -0.483. The molecule has 39 heavy (non-hydrogen) atoms. The Hall–Kier alpha value is -2.64. The van der Waals surface area contributed by atoms with Crippen LogP contribution in [0.4, 0.5) is 0 Å². The van der Waals surface area contributed by atoms with Gasteiger partial charge in [0.1, 0.15) is 6.10 Å². The van der Waals surface area contributed by atoms with Crippen LogP contribution in [0.25, 0.3) is 0 Å². The van der Waals surface area contributed by atoms with E-state index in [-0.39, 0.29) is 31.1 Å². The molecule has 7 nitrogen and oxygen atoms in total. The Morgan fingerprint density at radius 1 is 1.15 bits per heavy atom. The fraction of sp³-hybridized carbons (Fsp3) is 0.581. The van der Waals surface area contributed by atoms with Crippen molar-refractivity contribution in [1.29, 1.82) is 0 Å². The van der Waals surface area contributed by atoms with E-state index in [1.165, 1.54) is 0 Å². The molecule has 2 aliphatic heterocycles. The van der Waals surface area contributed by atoms with Gasteiger partial charge in [0, 0.05) is 37.6 Å². The molecule has 0 bridgehead atoms. The predicted octanol–water partition coefficient (Wildman–Crippen LogP) is 6.52. The van der Waals surface area contributed by atoms with Gasteiger partial charge in [0.05, 0.1) is 17.4 Å². The number of esters is 1. The van der Waals surface area contributed by atoms with Crippen LogP contribution in [-0.2, 0) is 25.5 Å². The van der Waals surface area contributed by atoms with Crippen molar-refractivity contribution in [1.82, 2.24) is 4.90 Å². The number of piperidine rings is 1. The number of halogens is 1. The number of hydrogen-bond donors (Lipinski definition) is 0. The first kappa shape index (κ1) is 30.9. The number of carbonyl (C=O) groups is 2. The van der Waals surface area contributed by atoms with Crippen molar-refractivity contribution in [2.75, 3.05) is 26.3 Å². The number of benzene rings is 1. The number of oxime groups is 1. The summed E-state index contributed by atoms with van der Waals surface area (Å²) < 4.78 is 11.9. The quantitative estimate of drug-likeness (QED) is 0.165. The van der Waals surface area contributed by atoms with Gasteiger partial charge in [0.25, 0.3) is 5.91 Å². The zero-order chi connectivity index (χ0) is 28.2. The Kier molecular flexibility index (Phi) is 12.5. The van der Waals surface area contributed by atoms with Crippen molar-refractivity contribution < 1.29 is 23.9 Å². The number of carbonyl (C=O) groups excluding carboxylic acids is 2. The van der Waals surface area contributed by atoms with E-state index in [1.54, 1.807) is 0 Å². The fourth-order valence-corrected chi connectivity index (χ4v) is 5.05. The van der Waals surface area contributed by atoms with Crippen molar-refractivity contribution in [3.05, 3.63) is 57.6 Å². The number of allylic oxidation sites excluding steroid dienone is 1. The number of hydrogen-bond acceptors (Lipinski definition) is 6. The van der Waals surface area contributed by atoms with Gasteiger partial charge in [-0.2, -0.15) is 0 Å². The zero-order valence-corrected chi connectivity index (χ0v) is 24.6. The molecule has 0 N–H and O–H groups in total. The molecule has 1 aromatic carbocycles. The second-order valence-electron chi connectivity index (χ2n) is 10.4. The maximum absolute atomic E-state index is 13.3. The summed E-state index contributed by atoms with van der Waals surface area (Å²) in [6, 6.07) is 1.90. The minimum atomic E-state index is -0.414. The molecule has 0 saturated carbocycles. The zero-order valence-electron chi connectivity index (χ0n) is 23.8. The van der Waals surface area contributed by atoms with E-state index in [0.29, 0.717) is 41.3 Å². The first-order valence-electron chi connectivity index (χ1n) is 14.2. The summed E-state index contributed by atoms with van der Waals surface area (Å²) in [6.45, 7) is 9.87. The molecule has 214 valence electrons. The Morgan fingerprint density at radius 3 is 2.67 bits per heavy atom. The third kappa shape index (κ3) is 9.50. The molecule has 1 saturated heterocycles. The lowest BCUT2D eigenvalue weighted by Crippen LogP contribution is -2.37. The molecule has 0 radical (unpaired) electrons. The van der Waals surface area contributed by atoms with Crippen LogP contribution < -0.4 is 0 Å². The van der Waals surface area contributed by atoms with Crippen LogP contribution in [0.3, 0.4) is 0 Å². The van der Waals surface area contributed by atoms with E-state index in [0.717, 1.165) is 56.3 Å². The van der Waals surface area contributed by atoms with E-state index in [2.05, 4.69) is 12.1 Å². The van der Waals surface area contributed by atoms with Crippen LogP contribution in [-0.4, -0.2) is 61.0 Å². The van der Waals surface area contributed by atoms with Crippen molar-refractivity contribution in [2.24, 2.45) is 5.16 Å². The van der Waals surface area contributed by atoms with E-state index in [4.69, 9.17) is 25.9 Å². The molecule has 0 aliphatic carbocycles. The lowest BCUT2D eigenvalue weighted by atomic mass is 9.94. The van der Waals surface area contributed by atoms with E-state index < -0.39 is 5.97 Å². The number of rotatable bonds is 7. The van der Waals surface area contributed by atoms with Gasteiger partial charge in [0.15, 0.2) is 6.61 Å². The average Bonchev–Trinajstić information content (AvgIpc) is 2.91. The van der Waals surface area contributed by atoms with Crippen LogP contribution in [0.5, 0.6) is 0 Å². The normalized spacial score (nSPS) is 23.5. The number of likely N-dealkylation sites (tertiary alicyclic amines) is 1. The highest BCUT2D eigenvalue weighted by atomic mass is 35.5. The van der Waals surface area contributed by atoms with Gasteiger partial charge in [-0.3, -0.25) is 4.79 Å². The number of fused-ring (bicyclic) bond motifs is 1. The van der Waals surface area contributed by atoms with E-state index in [9.17, 15) is 9.59 Å². The number of amides is 1. The van der Waals surface area contributed by atoms with Crippen molar-refractivity contribution in [3.63, 3.8) is 0 Å². The number of ether oxygens (including phenoxy) is 2. The van der Waals surface area contributed by atoms with Crippen LogP contribution >= 0.6 is 11.6 Å². The standard InChI is InChI=1S/C31H43ClN2O5/c1-5-6-18-37-26-14-10-12-24(4)39-31(36)29-22(2)19-23(3)30(32)27(29)20-25(13-11-15-26)33-38-21-28(35)34-16-8-7-9-17-34/h10-11,13-14,19,24,26H,5-9,12,15-18,20-21H2,1-4H3/b13-11+,14-10+,33-25+/t24-,26?/m1/s1. The van der Waals surface area contributed by atoms with E-state index in [1.807, 2.05) is 56.0 Å². The van der Waals surface area contributed by atoms with Crippen molar-refractivity contribution in [3.8, 4) is 0 Å². The smallest absolute Gasteiger partial charge is 0.339 e. The Bertz CT molecular complexity index is 1080. The molecular formula is C31H43ClN2O5. The third-order valence-electron chi connectivity index (χ3n) is 7.02. The largest absolute Gasteiger partial charge is 0.459 e. The van der Waals surface area contributed by atoms with Gasteiger partial charge in [-0.15, -0.1) is 0 Å². The molecule has 0 spiro atoms. The molecule has 8 heteroatoms. The van der Waals surface area contributed by atoms with Crippen molar-refractivity contribution >= 4 is 29.2 Å². The average molecular weight is 559 g/mol.